The van der Waals surface area contributed by atoms with E-state index in [0.29, 0.717) is 25.4 Å². The summed E-state index contributed by atoms with van der Waals surface area (Å²) in [5.74, 6) is 0.547. The number of carboxylic acid groups (broad SMARTS) is 1. The van der Waals surface area contributed by atoms with E-state index in [1.807, 2.05) is 37.3 Å². The van der Waals surface area contributed by atoms with Crippen LogP contribution in [0.25, 0.3) is 0 Å². The molecule has 0 spiro atoms. The summed E-state index contributed by atoms with van der Waals surface area (Å²) in [7, 11) is 0. The van der Waals surface area contributed by atoms with E-state index >= 15 is 0 Å². The third-order valence-electron chi connectivity index (χ3n) is 6.31. The van der Waals surface area contributed by atoms with Crippen molar-refractivity contribution in [3.63, 3.8) is 0 Å². The highest BCUT2D eigenvalue weighted by Gasteiger charge is 2.43. The number of fused-ring (bicyclic) bond motifs is 1. The van der Waals surface area contributed by atoms with E-state index in [4.69, 9.17) is 14.6 Å². The number of aryl methyl sites for hydroxylation is 1. The van der Waals surface area contributed by atoms with Crippen LogP contribution in [0.5, 0.6) is 5.75 Å². The molecule has 1 saturated heterocycles. The van der Waals surface area contributed by atoms with Gasteiger partial charge in [0.2, 0.25) is 0 Å². The minimum atomic E-state index is -0.750. The average Bonchev–Trinajstić information content (AvgIpc) is 2.86. The molecule has 6 atom stereocenters. The van der Waals surface area contributed by atoms with Crippen molar-refractivity contribution < 1.29 is 29.6 Å². The smallest absolute Gasteiger partial charge is 0.303 e. The lowest BCUT2D eigenvalue weighted by molar-refractivity contribution is -0.137. The van der Waals surface area contributed by atoms with Gasteiger partial charge in [-0.3, -0.25) is 4.79 Å². The van der Waals surface area contributed by atoms with Crippen molar-refractivity contribution in [2.24, 2.45) is 17.8 Å². The van der Waals surface area contributed by atoms with E-state index in [2.05, 4.69) is 0 Å². The molecule has 2 aliphatic rings. The monoisotopic (exact) mass is 418 g/mol. The van der Waals surface area contributed by atoms with E-state index in [1.165, 1.54) is 0 Å². The standard InChI is InChI=1S/C24H34O6/c1-16-4-2-6-19(12-16)29-15-18(25)9-11-20-21-10-8-17(5-3-7-24(27)28)14-30-23(21)13-22(20)26/h2,4,6,9,11-12,17-18,20-23,25-26H,3,5,7-8,10,13-15H2,1H3,(H,27,28)/b11-9+/t17-,18+,20+,21+,22+,23-/m0/s1. The van der Waals surface area contributed by atoms with Gasteiger partial charge in [0.25, 0.3) is 0 Å². The van der Waals surface area contributed by atoms with E-state index in [1.54, 1.807) is 6.08 Å². The van der Waals surface area contributed by atoms with Crippen LogP contribution in [0.3, 0.4) is 0 Å². The van der Waals surface area contributed by atoms with Crippen LogP contribution in [-0.4, -0.2) is 52.8 Å². The van der Waals surface area contributed by atoms with Crippen molar-refractivity contribution in [1.29, 1.82) is 0 Å². The third-order valence-corrected chi connectivity index (χ3v) is 6.31. The number of rotatable bonds is 9. The average molecular weight is 419 g/mol. The second-order valence-electron chi connectivity index (χ2n) is 8.73. The summed E-state index contributed by atoms with van der Waals surface area (Å²) in [5.41, 5.74) is 1.10. The summed E-state index contributed by atoms with van der Waals surface area (Å²) in [6.45, 7) is 2.79. The molecule has 1 aliphatic carbocycles. The molecule has 1 aliphatic heterocycles. The lowest BCUT2D eigenvalue weighted by atomic mass is 9.86. The Morgan fingerprint density at radius 3 is 2.97 bits per heavy atom. The molecule has 1 aromatic rings. The van der Waals surface area contributed by atoms with Gasteiger partial charge in [-0.15, -0.1) is 0 Å². The molecule has 2 fully saturated rings. The second-order valence-corrected chi connectivity index (χ2v) is 8.73. The van der Waals surface area contributed by atoms with Gasteiger partial charge in [-0.25, -0.2) is 0 Å². The van der Waals surface area contributed by atoms with Crippen LogP contribution in [0.4, 0.5) is 0 Å². The topological polar surface area (TPSA) is 96.2 Å². The highest BCUT2D eigenvalue weighted by atomic mass is 16.5. The Hall–Kier alpha value is -1.89. The van der Waals surface area contributed by atoms with Gasteiger partial charge in [-0.1, -0.05) is 24.3 Å². The molecule has 3 rings (SSSR count). The summed E-state index contributed by atoms with van der Waals surface area (Å²) in [5, 5.41) is 29.6. The fraction of sp³-hybridized carbons (Fsp3) is 0.625. The van der Waals surface area contributed by atoms with Gasteiger partial charge in [0.15, 0.2) is 0 Å². The molecule has 1 heterocycles. The molecular formula is C24H34O6. The minimum Gasteiger partial charge on any atom is -0.491 e. The predicted octanol–water partition coefficient (Wildman–Crippen LogP) is 3.34. The lowest BCUT2D eigenvalue weighted by Crippen LogP contribution is -2.22. The fourth-order valence-corrected chi connectivity index (χ4v) is 4.68. The highest BCUT2D eigenvalue weighted by molar-refractivity contribution is 5.66. The van der Waals surface area contributed by atoms with Crippen molar-refractivity contribution in [2.75, 3.05) is 13.2 Å². The van der Waals surface area contributed by atoms with Crippen molar-refractivity contribution in [1.82, 2.24) is 0 Å². The van der Waals surface area contributed by atoms with Crippen LogP contribution in [0.2, 0.25) is 0 Å². The van der Waals surface area contributed by atoms with E-state index in [-0.39, 0.29) is 31.0 Å². The lowest BCUT2D eigenvalue weighted by Gasteiger charge is -2.21. The Balaban J connectivity index is 1.49. The van der Waals surface area contributed by atoms with Gasteiger partial charge in [-0.2, -0.15) is 0 Å². The van der Waals surface area contributed by atoms with Gasteiger partial charge < -0.3 is 24.8 Å². The van der Waals surface area contributed by atoms with E-state index < -0.39 is 18.2 Å². The first kappa shape index (κ1) is 22.8. The molecule has 0 bridgehead atoms. The van der Waals surface area contributed by atoms with Gasteiger partial charge in [-0.05, 0) is 62.1 Å². The molecule has 6 heteroatoms. The number of hydrogen-bond donors (Lipinski definition) is 3. The molecule has 30 heavy (non-hydrogen) atoms. The molecule has 1 aromatic carbocycles. The van der Waals surface area contributed by atoms with Gasteiger partial charge >= 0.3 is 5.97 Å². The SMILES string of the molecule is Cc1cccc(OC[C@H](O)/C=C/[C@@H]2[C@H]3CC[C@H](CCCC(=O)O)CO[C@H]3C[C@H]2O)c1. The number of ether oxygens (including phenoxy) is 2. The molecule has 6 nitrogen and oxygen atoms in total. The summed E-state index contributed by atoms with van der Waals surface area (Å²) in [4.78, 5) is 10.7. The largest absolute Gasteiger partial charge is 0.491 e. The highest BCUT2D eigenvalue weighted by Crippen LogP contribution is 2.42. The second kappa shape index (κ2) is 10.9. The van der Waals surface area contributed by atoms with Gasteiger partial charge in [0.1, 0.15) is 18.5 Å². The predicted molar refractivity (Wildman–Crippen MR) is 113 cm³/mol. The first-order chi connectivity index (χ1) is 14.4. The Morgan fingerprint density at radius 2 is 2.20 bits per heavy atom. The molecule has 0 amide bonds. The molecule has 0 unspecified atom stereocenters. The third kappa shape index (κ3) is 6.56. The summed E-state index contributed by atoms with van der Waals surface area (Å²) < 4.78 is 11.7. The van der Waals surface area contributed by atoms with Crippen molar-refractivity contribution in [3.05, 3.63) is 42.0 Å². The van der Waals surface area contributed by atoms with Crippen molar-refractivity contribution in [2.45, 2.75) is 63.8 Å². The van der Waals surface area contributed by atoms with Crippen LogP contribution < -0.4 is 4.74 Å². The Kier molecular flexibility index (Phi) is 8.31. The molecule has 0 aromatic heterocycles. The van der Waals surface area contributed by atoms with Crippen LogP contribution in [0, 0.1) is 24.7 Å². The van der Waals surface area contributed by atoms with Crippen LogP contribution in [0.15, 0.2) is 36.4 Å². The number of aliphatic hydroxyl groups is 2. The summed E-state index contributed by atoms with van der Waals surface area (Å²) >= 11 is 0. The maximum Gasteiger partial charge on any atom is 0.303 e. The van der Waals surface area contributed by atoms with Gasteiger partial charge in [0.05, 0.1) is 12.2 Å². The molecule has 166 valence electrons. The number of aliphatic carboxylic acids is 1. The zero-order valence-corrected chi connectivity index (χ0v) is 17.7. The van der Waals surface area contributed by atoms with E-state index in [9.17, 15) is 15.0 Å². The number of aliphatic hydroxyl groups excluding tert-OH is 2. The first-order valence-corrected chi connectivity index (χ1v) is 11.0. The Labute approximate surface area is 178 Å². The molecular weight excluding hydrogens is 384 g/mol. The van der Waals surface area contributed by atoms with E-state index in [0.717, 1.165) is 30.6 Å². The summed E-state index contributed by atoms with van der Waals surface area (Å²) in [6.07, 6.45) is 6.75. The summed E-state index contributed by atoms with van der Waals surface area (Å²) in [6, 6.07) is 7.71. The number of hydrogen-bond acceptors (Lipinski definition) is 5. The first-order valence-electron chi connectivity index (χ1n) is 11.0. The Morgan fingerprint density at radius 1 is 1.37 bits per heavy atom. The van der Waals surface area contributed by atoms with Gasteiger partial charge in [0, 0.05) is 25.4 Å². The van der Waals surface area contributed by atoms with Crippen molar-refractivity contribution in [3.8, 4) is 5.75 Å². The number of carbonyl (C=O) groups is 1. The minimum absolute atomic E-state index is 0.0276. The fourth-order valence-electron chi connectivity index (χ4n) is 4.68. The maximum atomic E-state index is 10.7. The maximum absolute atomic E-state index is 10.7. The number of carboxylic acids is 1. The van der Waals surface area contributed by atoms with Crippen molar-refractivity contribution >= 4 is 5.97 Å². The molecule has 3 N–H and O–H groups in total. The Bertz CT molecular complexity index is 717. The quantitative estimate of drug-likeness (QED) is 0.532. The molecule has 0 radical (unpaired) electrons. The van der Waals surface area contributed by atoms with Crippen LogP contribution in [0.1, 0.15) is 44.1 Å². The molecule has 1 saturated carbocycles. The van der Waals surface area contributed by atoms with Crippen LogP contribution in [-0.2, 0) is 9.53 Å². The number of benzene rings is 1. The zero-order valence-electron chi connectivity index (χ0n) is 17.7. The normalized spacial score (nSPS) is 30.0. The zero-order chi connectivity index (χ0) is 21.5. The van der Waals surface area contributed by atoms with Crippen LogP contribution >= 0.6 is 0 Å².